The Hall–Kier alpha value is -2.16. The van der Waals surface area contributed by atoms with Crippen LogP contribution < -0.4 is 4.74 Å². The van der Waals surface area contributed by atoms with Crippen LogP contribution in [0, 0.1) is 5.82 Å². The predicted molar refractivity (Wildman–Crippen MR) is 62.7 cm³/mol. The van der Waals surface area contributed by atoms with Crippen molar-refractivity contribution in [2.45, 2.75) is 6.42 Å². The van der Waals surface area contributed by atoms with Crippen LogP contribution in [0.3, 0.4) is 0 Å². The SMILES string of the molecule is O=CCc1ccc(Oc2ccc(F)cc2)cc1. The molecule has 0 bridgehead atoms. The van der Waals surface area contributed by atoms with Gasteiger partial charge < -0.3 is 9.53 Å². The maximum atomic E-state index is 12.7. The largest absolute Gasteiger partial charge is 0.457 e. The van der Waals surface area contributed by atoms with Crippen LogP contribution in [0.5, 0.6) is 11.5 Å². The molecule has 0 radical (unpaired) electrons. The first-order valence-electron chi connectivity index (χ1n) is 5.24. The molecule has 3 heteroatoms. The summed E-state index contributed by atoms with van der Waals surface area (Å²) in [7, 11) is 0. The molecule has 2 aromatic rings. The number of hydrogen-bond acceptors (Lipinski definition) is 2. The van der Waals surface area contributed by atoms with Gasteiger partial charge in [0.2, 0.25) is 0 Å². The highest BCUT2D eigenvalue weighted by atomic mass is 19.1. The Kier molecular flexibility index (Phi) is 3.50. The first kappa shape index (κ1) is 11.3. The summed E-state index contributed by atoms with van der Waals surface area (Å²) in [5, 5.41) is 0. The molecule has 0 N–H and O–H groups in total. The van der Waals surface area contributed by atoms with E-state index in [4.69, 9.17) is 4.74 Å². The maximum absolute atomic E-state index is 12.7. The van der Waals surface area contributed by atoms with E-state index in [1.54, 1.807) is 24.3 Å². The third-order valence-electron chi connectivity index (χ3n) is 2.29. The molecule has 0 atom stereocenters. The minimum Gasteiger partial charge on any atom is -0.457 e. The summed E-state index contributed by atoms with van der Waals surface area (Å²) in [5.41, 5.74) is 0.937. The lowest BCUT2D eigenvalue weighted by Gasteiger charge is -2.05. The first-order chi connectivity index (χ1) is 8.28. The molecule has 0 aromatic heterocycles. The molecule has 17 heavy (non-hydrogen) atoms. The van der Waals surface area contributed by atoms with E-state index >= 15 is 0 Å². The van der Waals surface area contributed by atoms with E-state index in [2.05, 4.69) is 0 Å². The van der Waals surface area contributed by atoms with Crippen LogP contribution in [0.1, 0.15) is 5.56 Å². The molecule has 0 spiro atoms. The summed E-state index contributed by atoms with van der Waals surface area (Å²) < 4.78 is 18.2. The molecule has 0 fully saturated rings. The van der Waals surface area contributed by atoms with Crippen molar-refractivity contribution in [2.24, 2.45) is 0 Å². The zero-order valence-corrected chi connectivity index (χ0v) is 9.10. The van der Waals surface area contributed by atoms with Crippen molar-refractivity contribution in [3.05, 3.63) is 59.9 Å². The average Bonchev–Trinajstić information content (AvgIpc) is 2.35. The molecule has 0 amide bonds. The lowest BCUT2D eigenvalue weighted by Crippen LogP contribution is -1.87. The van der Waals surface area contributed by atoms with Crippen LogP contribution in [0.15, 0.2) is 48.5 Å². The van der Waals surface area contributed by atoms with Crippen LogP contribution in [0.25, 0.3) is 0 Å². The molecule has 0 unspecified atom stereocenters. The van der Waals surface area contributed by atoms with Crippen molar-refractivity contribution < 1.29 is 13.9 Å². The van der Waals surface area contributed by atoms with Crippen molar-refractivity contribution in [1.82, 2.24) is 0 Å². The van der Waals surface area contributed by atoms with Gasteiger partial charge in [-0.1, -0.05) is 12.1 Å². The number of hydrogen-bond donors (Lipinski definition) is 0. The quantitative estimate of drug-likeness (QED) is 0.753. The topological polar surface area (TPSA) is 26.3 Å². The van der Waals surface area contributed by atoms with Crippen LogP contribution >= 0.6 is 0 Å². The fourth-order valence-electron chi connectivity index (χ4n) is 1.43. The van der Waals surface area contributed by atoms with Crippen LogP contribution in [-0.4, -0.2) is 6.29 Å². The van der Waals surface area contributed by atoms with Crippen molar-refractivity contribution in [3.8, 4) is 11.5 Å². The molecule has 0 heterocycles. The highest BCUT2D eigenvalue weighted by Crippen LogP contribution is 2.21. The van der Waals surface area contributed by atoms with E-state index in [9.17, 15) is 9.18 Å². The van der Waals surface area contributed by atoms with E-state index in [1.807, 2.05) is 12.1 Å². The van der Waals surface area contributed by atoms with E-state index in [0.717, 1.165) is 11.8 Å². The van der Waals surface area contributed by atoms with Gasteiger partial charge in [0.25, 0.3) is 0 Å². The maximum Gasteiger partial charge on any atom is 0.127 e. The number of carbonyl (C=O) groups excluding carboxylic acids is 1. The smallest absolute Gasteiger partial charge is 0.127 e. The second kappa shape index (κ2) is 5.25. The van der Waals surface area contributed by atoms with Crippen molar-refractivity contribution in [1.29, 1.82) is 0 Å². The minimum atomic E-state index is -0.293. The fourth-order valence-corrected chi connectivity index (χ4v) is 1.43. The summed E-state index contributed by atoms with van der Waals surface area (Å²) in [6.07, 6.45) is 1.26. The number of benzene rings is 2. The Morgan fingerprint density at radius 1 is 0.941 bits per heavy atom. The van der Waals surface area contributed by atoms with Crippen LogP contribution in [-0.2, 0) is 11.2 Å². The van der Waals surface area contributed by atoms with Gasteiger partial charge >= 0.3 is 0 Å². The molecule has 2 nitrogen and oxygen atoms in total. The van der Waals surface area contributed by atoms with E-state index in [0.29, 0.717) is 17.9 Å². The van der Waals surface area contributed by atoms with Gasteiger partial charge in [-0.2, -0.15) is 0 Å². The third-order valence-corrected chi connectivity index (χ3v) is 2.29. The van der Waals surface area contributed by atoms with Crippen molar-refractivity contribution in [2.75, 3.05) is 0 Å². The molecule has 0 aliphatic rings. The molecular formula is C14H11FO2. The Balaban J connectivity index is 2.08. The van der Waals surface area contributed by atoms with Gasteiger partial charge in [-0.3, -0.25) is 0 Å². The monoisotopic (exact) mass is 230 g/mol. The number of halogens is 1. The normalized spacial score (nSPS) is 9.94. The standard InChI is InChI=1S/C14H11FO2/c15-12-3-7-14(8-4-12)17-13-5-1-11(2-6-13)9-10-16/h1-8,10H,9H2. The molecule has 0 saturated carbocycles. The molecular weight excluding hydrogens is 219 g/mol. The molecule has 2 aromatic carbocycles. The number of ether oxygens (including phenoxy) is 1. The van der Waals surface area contributed by atoms with Gasteiger partial charge in [-0.15, -0.1) is 0 Å². The predicted octanol–water partition coefficient (Wildman–Crippen LogP) is 3.36. The molecule has 2 rings (SSSR count). The fraction of sp³-hybridized carbons (Fsp3) is 0.0714. The number of rotatable bonds is 4. The van der Waals surface area contributed by atoms with Crippen LogP contribution in [0.4, 0.5) is 4.39 Å². The molecule has 86 valence electrons. The van der Waals surface area contributed by atoms with Gasteiger partial charge in [0.05, 0.1) is 0 Å². The van der Waals surface area contributed by atoms with Crippen LogP contribution in [0.2, 0.25) is 0 Å². The minimum absolute atomic E-state index is 0.293. The molecule has 0 aliphatic heterocycles. The second-order valence-electron chi connectivity index (χ2n) is 3.57. The van der Waals surface area contributed by atoms with Gasteiger partial charge in [0.1, 0.15) is 23.6 Å². The Morgan fingerprint density at radius 2 is 1.47 bits per heavy atom. The third kappa shape index (κ3) is 3.14. The molecule has 0 aliphatic carbocycles. The Labute approximate surface area is 98.7 Å². The molecule has 0 saturated heterocycles. The summed E-state index contributed by atoms with van der Waals surface area (Å²) in [6.45, 7) is 0. The number of carbonyl (C=O) groups is 1. The Bertz CT molecular complexity index is 489. The summed E-state index contributed by atoms with van der Waals surface area (Å²) in [6, 6.07) is 13.0. The number of aldehydes is 1. The summed E-state index contributed by atoms with van der Waals surface area (Å²) in [5.74, 6) is 0.944. The highest BCUT2D eigenvalue weighted by molar-refractivity contribution is 5.55. The van der Waals surface area contributed by atoms with Gasteiger partial charge in [-0.05, 0) is 42.0 Å². The lowest BCUT2D eigenvalue weighted by molar-refractivity contribution is -0.107. The van der Waals surface area contributed by atoms with Gasteiger partial charge in [-0.25, -0.2) is 4.39 Å². The van der Waals surface area contributed by atoms with Crippen molar-refractivity contribution >= 4 is 6.29 Å². The van der Waals surface area contributed by atoms with Crippen molar-refractivity contribution in [3.63, 3.8) is 0 Å². The highest BCUT2D eigenvalue weighted by Gasteiger charge is 1.98. The average molecular weight is 230 g/mol. The lowest BCUT2D eigenvalue weighted by atomic mass is 10.2. The zero-order valence-electron chi connectivity index (χ0n) is 9.10. The van der Waals surface area contributed by atoms with Gasteiger partial charge in [0, 0.05) is 6.42 Å². The summed E-state index contributed by atoms with van der Waals surface area (Å²) >= 11 is 0. The van der Waals surface area contributed by atoms with E-state index < -0.39 is 0 Å². The van der Waals surface area contributed by atoms with Gasteiger partial charge in [0.15, 0.2) is 0 Å². The zero-order chi connectivity index (χ0) is 12.1. The van der Waals surface area contributed by atoms with E-state index in [-0.39, 0.29) is 5.82 Å². The second-order valence-corrected chi connectivity index (χ2v) is 3.57. The van der Waals surface area contributed by atoms with E-state index in [1.165, 1.54) is 12.1 Å². The Morgan fingerprint density at radius 3 is 2.00 bits per heavy atom. The first-order valence-corrected chi connectivity index (χ1v) is 5.24. The summed E-state index contributed by atoms with van der Waals surface area (Å²) in [4.78, 5) is 10.3.